The number of ketones is 1. The third kappa shape index (κ3) is 31.1. The van der Waals surface area contributed by atoms with Crippen molar-refractivity contribution in [1.29, 1.82) is 0 Å². The molecule has 0 fully saturated rings. The van der Waals surface area contributed by atoms with Crippen LogP contribution in [0, 0.1) is 0 Å². The van der Waals surface area contributed by atoms with Crippen LogP contribution in [0.3, 0.4) is 0 Å². The maximum atomic E-state index is 12.6. The second-order valence-electron chi connectivity index (χ2n) is 13.5. The van der Waals surface area contributed by atoms with Crippen LogP contribution in [0.25, 0.3) is 0 Å². The van der Waals surface area contributed by atoms with E-state index in [4.69, 9.17) is 9.47 Å². The van der Waals surface area contributed by atoms with Gasteiger partial charge in [0.05, 0.1) is 32.3 Å². The Morgan fingerprint density at radius 2 is 1.04 bits per heavy atom. The van der Waals surface area contributed by atoms with E-state index in [2.05, 4.69) is 26.1 Å². The van der Waals surface area contributed by atoms with Gasteiger partial charge in [0.15, 0.2) is 0 Å². The van der Waals surface area contributed by atoms with Crippen LogP contribution < -0.4 is 5.32 Å². The van der Waals surface area contributed by atoms with Gasteiger partial charge in [-0.05, 0) is 25.7 Å². The van der Waals surface area contributed by atoms with Crippen LogP contribution in [0.2, 0.25) is 0 Å². The zero-order valence-corrected chi connectivity index (χ0v) is 30.6. The summed E-state index contributed by atoms with van der Waals surface area (Å²) in [5.41, 5.74) is 0. The van der Waals surface area contributed by atoms with Crippen molar-refractivity contribution >= 4 is 17.7 Å². The van der Waals surface area contributed by atoms with Gasteiger partial charge in [0.25, 0.3) is 0 Å². The van der Waals surface area contributed by atoms with Gasteiger partial charge in [-0.2, -0.15) is 0 Å². The SMILES string of the molecule is CCCCCCCCCCCC(=O)CC(=O)N[C@@H](CO)COCC[C@@H](CCCCCCC)OC(=O)CCCCCCCCCCC. The molecular weight excluding hydrogens is 578 g/mol. The van der Waals surface area contributed by atoms with Crippen LogP contribution in [0.4, 0.5) is 0 Å². The standard InChI is InChI=1S/C39H75NO6/c1-4-7-10-13-15-17-19-22-24-27-36(42)32-38(43)40-35(33-41)34-45-31-30-37(28-25-21-12-9-6-3)46-39(44)29-26-23-20-18-16-14-11-8-5-2/h35,37,41H,4-34H2,1-3H3,(H,40,43)/t35-,37+/m0/s1. The molecule has 0 aliphatic rings. The number of amides is 1. The minimum atomic E-state index is -0.560. The van der Waals surface area contributed by atoms with Crippen LogP contribution in [0.5, 0.6) is 0 Å². The van der Waals surface area contributed by atoms with E-state index in [1.54, 1.807) is 0 Å². The average molecular weight is 654 g/mol. The summed E-state index contributed by atoms with van der Waals surface area (Å²) in [5.74, 6) is -0.530. The Hall–Kier alpha value is -1.47. The summed E-state index contributed by atoms with van der Waals surface area (Å²) >= 11 is 0. The lowest BCUT2D eigenvalue weighted by Gasteiger charge is -2.20. The van der Waals surface area contributed by atoms with Gasteiger partial charge in [-0.15, -0.1) is 0 Å². The zero-order chi connectivity index (χ0) is 33.9. The Bertz CT molecular complexity index is 700. The Balaban J connectivity index is 4.27. The second kappa shape index (κ2) is 34.9. The van der Waals surface area contributed by atoms with Crippen molar-refractivity contribution in [3.05, 3.63) is 0 Å². The van der Waals surface area contributed by atoms with Crippen molar-refractivity contribution in [2.45, 2.75) is 213 Å². The van der Waals surface area contributed by atoms with E-state index in [0.717, 1.165) is 51.4 Å². The molecule has 0 aromatic heterocycles. The van der Waals surface area contributed by atoms with Crippen molar-refractivity contribution in [2.75, 3.05) is 19.8 Å². The Morgan fingerprint density at radius 3 is 1.54 bits per heavy atom. The lowest BCUT2D eigenvalue weighted by atomic mass is 10.0. The van der Waals surface area contributed by atoms with Crippen molar-refractivity contribution in [3.8, 4) is 0 Å². The van der Waals surface area contributed by atoms with Crippen LogP contribution in [0.1, 0.15) is 201 Å². The largest absolute Gasteiger partial charge is 0.462 e. The zero-order valence-electron chi connectivity index (χ0n) is 30.6. The van der Waals surface area contributed by atoms with E-state index < -0.39 is 6.04 Å². The molecule has 0 radical (unpaired) electrons. The molecule has 7 heteroatoms. The first kappa shape index (κ1) is 44.5. The summed E-state index contributed by atoms with van der Waals surface area (Å²) < 4.78 is 11.7. The number of nitrogens with one attached hydrogen (secondary N) is 1. The lowest BCUT2D eigenvalue weighted by Crippen LogP contribution is -2.41. The van der Waals surface area contributed by atoms with E-state index >= 15 is 0 Å². The van der Waals surface area contributed by atoms with Crippen LogP contribution in [0.15, 0.2) is 0 Å². The number of hydrogen-bond acceptors (Lipinski definition) is 6. The highest BCUT2D eigenvalue weighted by atomic mass is 16.5. The first-order valence-corrected chi connectivity index (χ1v) is 19.7. The van der Waals surface area contributed by atoms with Crippen LogP contribution in [-0.4, -0.2) is 54.7 Å². The summed E-state index contributed by atoms with van der Waals surface area (Å²) in [6, 6.07) is -0.560. The first-order chi connectivity index (χ1) is 22.5. The van der Waals surface area contributed by atoms with Gasteiger partial charge in [0.1, 0.15) is 11.9 Å². The van der Waals surface area contributed by atoms with Gasteiger partial charge in [-0.25, -0.2) is 0 Å². The van der Waals surface area contributed by atoms with Crippen molar-refractivity contribution < 1.29 is 29.0 Å². The Labute approximate surface area is 284 Å². The minimum absolute atomic E-state index is 0.0518. The van der Waals surface area contributed by atoms with Crippen molar-refractivity contribution in [3.63, 3.8) is 0 Å². The number of aliphatic hydroxyl groups excluding tert-OH is 1. The van der Waals surface area contributed by atoms with Crippen molar-refractivity contribution in [1.82, 2.24) is 5.32 Å². The van der Waals surface area contributed by atoms with E-state index in [9.17, 15) is 19.5 Å². The molecule has 46 heavy (non-hydrogen) atoms. The molecule has 0 saturated heterocycles. The maximum Gasteiger partial charge on any atom is 0.306 e. The molecule has 7 nitrogen and oxygen atoms in total. The molecule has 0 aliphatic heterocycles. The molecule has 0 bridgehead atoms. The molecule has 0 rings (SSSR count). The molecule has 1 amide bonds. The molecule has 2 atom stereocenters. The lowest BCUT2D eigenvalue weighted by molar-refractivity contribution is -0.150. The fraction of sp³-hybridized carbons (Fsp3) is 0.923. The number of esters is 1. The fourth-order valence-corrected chi connectivity index (χ4v) is 5.82. The number of carbonyl (C=O) groups is 3. The maximum absolute atomic E-state index is 12.6. The van der Waals surface area contributed by atoms with Gasteiger partial charge >= 0.3 is 5.97 Å². The van der Waals surface area contributed by atoms with Gasteiger partial charge in [-0.1, -0.05) is 149 Å². The number of rotatable bonds is 36. The molecule has 0 spiro atoms. The average Bonchev–Trinajstić information content (AvgIpc) is 3.04. The summed E-state index contributed by atoms with van der Waals surface area (Å²) in [4.78, 5) is 37.2. The van der Waals surface area contributed by atoms with Crippen LogP contribution >= 0.6 is 0 Å². The third-order valence-corrected chi connectivity index (χ3v) is 8.82. The second-order valence-corrected chi connectivity index (χ2v) is 13.5. The molecule has 2 N–H and O–H groups in total. The third-order valence-electron chi connectivity index (χ3n) is 8.82. The number of unbranched alkanes of at least 4 members (excludes halogenated alkanes) is 20. The van der Waals surface area contributed by atoms with E-state index in [1.807, 2.05) is 0 Å². The van der Waals surface area contributed by atoms with Gasteiger partial charge in [0.2, 0.25) is 5.91 Å². The van der Waals surface area contributed by atoms with Crippen LogP contribution in [-0.2, 0) is 23.9 Å². The molecule has 272 valence electrons. The topological polar surface area (TPSA) is 102 Å². The molecule has 0 heterocycles. The summed E-state index contributed by atoms with van der Waals surface area (Å²) in [6.07, 6.45) is 29.4. The number of hydrogen-bond donors (Lipinski definition) is 2. The van der Waals surface area contributed by atoms with Crippen molar-refractivity contribution in [2.24, 2.45) is 0 Å². The van der Waals surface area contributed by atoms with E-state index in [-0.39, 0.29) is 43.4 Å². The Kier molecular flexibility index (Phi) is 33.7. The Morgan fingerprint density at radius 1 is 0.587 bits per heavy atom. The summed E-state index contributed by atoms with van der Waals surface area (Å²) in [6.45, 7) is 6.95. The highest BCUT2D eigenvalue weighted by Crippen LogP contribution is 2.16. The quantitative estimate of drug-likeness (QED) is 0.0396. The smallest absolute Gasteiger partial charge is 0.306 e. The van der Waals surface area contributed by atoms with E-state index in [1.165, 1.54) is 103 Å². The number of carbonyl (C=O) groups excluding carboxylic acids is 3. The molecule has 0 aromatic carbocycles. The molecule has 0 aromatic rings. The summed E-state index contributed by atoms with van der Waals surface area (Å²) in [5, 5.41) is 12.5. The molecule has 0 saturated carbocycles. The highest BCUT2D eigenvalue weighted by Gasteiger charge is 2.17. The monoisotopic (exact) mass is 654 g/mol. The number of Topliss-reactive ketones (excluding diaryl/α,β-unsaturated/α-hetero) is 1. The normalized spacial score (nSPS) is 12.6. The number of aliphatic hydroxyl groups is 1. The number of ether oxygens (including phenoxy) is 2. The van der Waals surface area contributed by atoms with E-state index in [0.29, 0.717) is 25.9 Å². The molecule has 0 unspecified atom stereocenters. The van der Waals surface area contributed by atoms with Gasteiger partial charge in [-0.3, -0.25) is 14.4 Å². The fourth-order valence-electron chi connectivity index (χ4n) is 5.82. The molecule has 0 aliphatic carbocycles. The first-order valence-electron chi connectivity index (χ1n) is 19.7. The summed E-state index contributed by atoms with van der Waals surface area (Å²) in [7, 11) is 0. The van der Waals surface area contributed by atoms with Gasteiger partial charge in [0, 0.05) is 19.3 Å². The minimum Gasteiger partial charge on any atom is -0.462 e. The molecular formula is C39H75NO6. The predicted octanol–water partition coefficient (Wildman–Crippen LogP) is 9.94. The predicted molar refractivity (Wildman–Crippen MR) is 191 cm³/mol. The highest BCUT2D eigenvalue weighted by molar-refractivity contribution is 5.98. The van der Waals surface area contributed by atoms with Gasteiger partial charge < -0.3 is 19.9 Å².